The largest absolute Gasteiger partial charge is 0.462 e. The molecule has 0 radical (unpaired) electrons. The summed E-state index contributed by atoms with van der Waals surface area (Å²) < 4.78 is 16.8. The van der Waals surface area contributed by atoms with Crippen LogP contribution in [0.2, 0.25) is 0 Å². The van der Waals surface area contributed by atoms with Crippen LogP contribution in [0.4, 0.5) is 0 Å². The predicted molar refractivity (Wildman–Crippen MR) is 266 cm³/mol. The van der Waals surface area contributed by atoms with Crippen molar-refractivity contribution in [1.29, 1.82) is 0 Å². The Morgan fingerprint density at radius 1 is 0.306 bits per heavy atom. The van der Waals surface area contributed by atoms with Gasteiger partial charge >= 0.3 is 17.9 Å². The Bertz CT molecular complexity index is 962. The Hall–Kier alpha value is -1.85. The van der Waals surface area contributed by atoms with Crippen LogP contribution in [0.3, 0.4) is 0 Å². The molecule has 0 fully saturated rings. The molecule has 0 bridgehead atoms. The summed E-state index contributed by atoms with van der Waals surface area (Å²) in [5.41, 5.74) is 0. The van der Waals surface area contributed by atoms with Crippen LogP contribution in [0, 0.1) is 0 Å². The van der Waals surface area contributed by atoms with Crippen molar-refractivity contribution in [2.75, 3.05) is 13.2 Å². The molecule has 0 saturated heterocycles. The van der Waals surface area contributed by atoms with Crippen LogP contribution >= 0.6 is 0 Å². The maximum absolute atomic E-state index is 12.8. The van der Waals surface area contributed by atoms with Crippen molar-refractivity contribution in [2.24, 2.45) is 0 Å². The van der Waals surface area contributed by atoms with Crippen LogP contribution < -0.4 is 0 Å². The molecule has 6 heteroatoms. The molecule has 0 aliphatic heterocycles. The second kappa shape index (κ2) is 51.8. The quantitative estimate of drug-likeness (QED) is 0.0262. The second-order valence-electron chi connectivity index (χ2n) is 18.9. The standard InChI is InChI=1S/C56H106O6/c1-4-7-10-13-16-19-22-25-27-28-29-32-34-37-40-43-46-49-55(58)61-52-53(51-60-54(57)48-45-42-39-36-33-30-24-21-18-15-12-9-6-3)62-56(59)50-47-44-41-38-35-31-26-23-20-17-14-11-8-5-2/h21,24,53H,4-20,22-23,25-52H2,1-3H3/b24-21-/t53-/m1/s1. The van der Waals surface area contributed by atoms with Crippen molar-refractivity contribution >= 4 is 17.9 Å². The third kappa shape index (κ3) is 49.2. The minimum absolute atomic E-state index is 0.0667. The van der Waals surface area contributed by atoms with Gasteiger partial charge in [-0.15, -0.1) is 0 Å². The Morgan fingerprint density at radius 2 is 0.532 bits per heavy atom. The zero-order valence-electron chi connectivity index (χ0n) is 41.9. The molecule has 6 nitrogen and oxygen atoms in total. The van der Waals surface area contributed by atoms with Gasteiger partial charge in [-0.3, -0.25) is 14.4 Å². The lowest BCUT2D eigenvalue weighted by Crippen LogP contribution is -2.30. The highest BCUT2D eigenvalue weighted by Gasteiger charge is 2.19. The van der Waals surface area contributed by atoms with Gasteiger partial charge in [0.15, 0.2) is 6.10 Å². The molecule has 0 N–H and O–H groups in total. The maximum Gasteiger partial charge on any atom is 0.306 e. The lowest BCUT2D eigenvalue weighted by Gasteiger charge is -2.18. The average Bonchev–Trinajstić information content (AvgIpc) is 3.27. The van der Waals surface area contributed by atoms with Crippen molar-refractivity contribution in [2.45, 2.75) is 316 Å². The number of hydrogen-bond donors (Lipinski definition) is 0. The Morgan fingerprint density at radius 3 is 0.823 bits per heavy atom. The SMILES string of the molecule is CCCCCC/C=C\CCCCCCCC(=O)OC[C@H](COC(=O)CCCCCCCCCCCCCCCCCCC)OC(=O)CCCCCCCCCCCCCCCC. The highest BCUT2D eigenvalue weighted by molar-refractivity contribution is 5.71. The molecule has 1 atom stereocenters. The first-order valence-electron chi connectivity index (χ1n) is 27.7. The molecule has 0 spiro atoms. The summed E-state index contributed by atoms with van der Waals surface area (Å²) in [7, 11) is 0. The summed E-state index contributed by atoms with van der Waals surface area (Å²) in [6.45, 7) is 6.67. The third-order valence-electron chi connectivity index (χ3n) is 12.5. The fraction of sp³-hybridized carbons (Fsp3) is 0.911. The molecule has 0 aliphatic rings. The lowest BCUT2D eigenvalue weighted by atomic mass is 10.0. The number of hydrogen-bond acceptors (Lipinski definition) is 6. The van der Waals surface area contributed by atoms with E-state index in [4.69, 9.17) is 14.2 Å². The first kappa shape index (κ1) is 60.2. The molecule has 0 aromatic carbocycles. The van der Waals surface area contributed by atoms with E-state index in [1.54, 1.807) is 0 Å². The van der Waals surface area contributed by atoms with Gasteiger partial charge in [0.2, 0.25) is 0 Å². The van der Waals surface area contributed by atoms with Crippen LogP contribution in [-0.4, -0.2) is 37.2 Å². The van der Waals surface area contributed by atoms with Crippen molar-refractivity contribution in [3.8, 4) is 0 Å². The number of carbonyl (C=O) groups is 3. The van der Waals surface area contributed by atoms with E-state index >= 15 is 0 Å². The molecule has 0 aromatic rings. The minimum Gasteiger partial charge on any atom is -0.462 e. The van der Waals surface area contributed by atoms with Gasteiger partial charge in [0.05, 0.1) is 0 Å². The summed E-state index contributed by atoms with van der Waals surface area (Å²) in [6, 6.07) is 0. The van der Waals surface area contributed by atoms with E-state index in [9.17, 15) is 14.4 Å². The summed E-state index contributed by atoms with van der Waals surface area (Å²) in [5.74, 6) is -0.854. The zero-order chi connectivity index (χ0) is 45.1. The number of unbranched alkanes of at least 4 members (excludes halogenated alkanes) is 38. The van der Waals surface area contributed by atoms with Crippen LogP contribution in [0.25, 0.3) is 0 Å². The summed E-state index contributed by atoms with van der Waals surface area (Å²) in [6.07, 6.45) is 57.6. The van der Waals surface area contributed by atoms with Gasteiger partial charge in [0, 0.05) is 19.3 Å². The van der Waals surface area contributed by atoms with E-state index in [1.807, 2.05) is 0 Å². The molecule has 0 rings (SSSR count). The lowest BCUT2D eigenvalue weighted by molar-refractivity contribution is -0.167. The van der Waals surface area contributed by atoms with Crippen molar-refractivity contribution in [3.05, 3.63) is 12.2 Å². The van der Waals surface area contributed by atoms with E-state index in [2.05, 4.69) is 32.9 Å². The number of allylic oxidation sites excluding steroid dienone is 2. The molecule has 0 heterocycles. The normalized spacial score (nSPS) is 12.0. The molecule has 0 amide bonds. The van der Waals surface area contributed by atoms with Crippen LogP contribution in [0.5, 0.6) is 0 Å². The Labute approximate surface area is 386 Å². The molecule has 62 heavy (non-hydrogen) atoms. The highest BCUT2D eigenvalue weighted by atomic mass is 16.6. The molecular formula is C56H106O6. The maximum atomic E-state index is 12.8. The predicted octanol–water partition coefficient (Wildman–Crippen LogP) is 18.2. The van der Waals surface area contributed by atoms with Crippen molar-refractivity contribution < 1.29 is 28.6 Å². The summed E-state index contributed by atoms with van der Waals surface area (Å²) in [5, 5.41) is 0. The van der Waals surface area contributed by atoms with Gasteiger partial charge in [-0.25, -0.2) is 0 Å². The number of rotatable bonds is 51. The van der Waals surface area contributed by atoms with Crippen LogP contribution in [0.1, 0.15) is 310 Å². The highest BCUT2D eigenvalue weighted by Crippen LogP contribution is 2.17. The number of ether oxygens (including phenoxy) is 3. The smallest absolute Gasteiger partial charge is 0.306 e. The second-order valence-corrected chi connectivity index (χ2v) is 18.9. The van der Waals surface area contributed by atoms with Gasteiger partial charge in [-0.1, -0.05) is 258 Å². The van der Waals surface area contributed by atoms with Gasteiger partial charge in [0.1, 0.15) is 13.2 Å². The fourth-order valence-corrected chi connectivity index (χ4v) is 8.32. The van der Waals surface area contributed by atoms with Gasteiger partial charge in [-0.2, -0.15) is 0 Å². The van der Waals surface area contributed by atoms with Gasteiger partial charge in [-0.05, 0) is 44.9 Å². The first-order chi connectivity index (χ1) is 30.5. The van der Waals surface area contributed by atoms with Gasteiger partial charge < -0.3 is 14.2 Å². The van der Waals surface area contributed by atoms with E-state index in [-0.39, 0.29) is 31.1 Å². The van der Waals surface area contributed by atoms with Crippen molar-refractivity contribution in [3.63, 3.8) is 0 Å². The zero-order valence-corrected chi connectivity index (χ0v) is 41.9. The van der Waals surface area contributed by atoms with Crippen molar-refractivity contribution in [1.82, 2.24) is 0 Å². The average molecular weight is 875 g/mol. The van der Waals surface area contributed by atoms with Gasteiger partial charge in [0.25, 0.3) is 0 Å². The summed E-state index contributed by atoms with van der Waals surface area (Å²) >= 11 is 0. The molecule has 0 saturated carbocycles. The number of esters is 3. The number of carbonyl (C=O) groups excluding carboxylic acids is 3. The van der Waals surface area contributed by atoms with Crippen LogP contribution in [0.15, 0.2) is 12.2 Å². The Balaban J connectivity index is 4.31. The van der Waals surface area contributed by atoms with E-state index in [1.165, 1.54) is 205 Å². The van der Waals surface area contributed by atoms with E-state index < -0.39 is 6.10 Å². The third-order valence-corrected chi connectivity index (χ3v) is 12.5. The first-order valence-corrected chi connectivity index (χ1v) is 27.7. The topological polar surface area (TPSA) is 78.9 Å². The molecule has 0 aromatic heterocycles. The molecule has 366 valence electrons. The van der Waals surface area contributed by atoms with E-state index in [0.29, 0.717) is 19.3 Å². The monoisotopic (exact) mass is 875 g/mol. The van der Waals surface area contributed by atoms with Crippen LogP contribution in [-0.2, 0) is 28.6 Å². The Kier molecular flexibility index (Phi) is 50.2. The fourth-order valence-electron chi connectivity index (χ4n) is 8.32. The molecule has 0 unspecified atom stereocenters. The molecule has 0 aliphatic carbocycles. The van der Waals surface area contributed by atoms with E-state index in [0.717, 1.165) is 64.2 Å². The summed E-state index contributed by atoms with van der Waals surface area (Å²) in [4.78, 5) is 38.0. The minimum atomic E-state index is -0.766. The molecular weight excluding hydrogens is 769 g/mol.